The Hall–Kier alpha value is -2.72. The fourth-order valence-electron chi connectivity index (χ4n) is 4.39. The molecular formula is C23H21F6N3O. The number of rotatable bonds is 4. The van der Waals surface area contributed by atoms with E-state index < -0.39 is 41.3 Å². The first kappa shape index (κ1) is 23.4. The minimum Gasteiger partial charge on any atom is -0.387 e. The van der Waals surface area contributed by atoms with Crippen LogP contribution in [0.15, 0.2) is 48.8 Å². The number of halogens is 6. The molecule has 0 saturated carbocycles. The SMILES string of the molecule is O[C@@H](c1cc(C(F)(F)F)nc2c(C(F)(F)F)cccc12)[C@@H]1CCCCN1Cc1ccncc1. The van der Waals surface area contributed by atoms with Gasteiger partial charge in [0, 0.05) is 30.4 Å². The van der Waals surface area contributed by atoms with Gasteiger partial charge in [0.15, 0.2) is 0 Å². The molecule has 0 aliphatic carbocycles. The van der Waals surface area contributed by atoms with E-state index in [4.69, 9.17) is 0 Å². The van der Waals surface area contributed by atoms with Crippen molar-refractivity contribution in [1.82, 2.24) is 14.9 Å². The average Bonchev–Trinajstić information content (AvgIpc) is 2.77. The van der Waals surface area contributed by atoms with E-state index in [1.54, 1.807) is 24.5 Å². The Kier molecular flexibility index (Phi) is 6.32. The first-order valence-electron chi connectivity index (χ1n) is 10.4. The van der Waals surface area contributed by atoms with Crippen LogP contribution in [-0.4, -0.2) is 32.6 Å². The van der Waals surface area contributed by atoms with Crippen molar-refractivity contribution < 1.29 is 31.4 Å². The predicted octanol–water partition coefficient (Wildman–Crippen LogP) is 5.76. The van der Waals surface area contributed by atoms with E-state index in [1.807, 2.05) is 4.90 Å². The standard InChI is InChI=1S/C23H21F6N3O/c24-22(25,26)17-5-3-4-15-16(12-19(23(27,28)29)31-20(15)17)21(33)18-6-1-2-11-32(18)13-14-7-9-30-10-8-14/h3-5,7-10,12,18,21,33H,1-2,6,11,13H2/t18-,21-/m0/s1. The molecule has 1 aromatic carbocycles. The van der Waals surface area contributed by atoms with Gasteiger partial charge in [0.1, 0.15) is 5.69 Å². The summed E-state index contributed by atoms with van der Waals surface area (Å²) in [5, 5.41) is 11.1. The second-order valence-electron chi connectivity index (χ2n) is 8.13. The molecule has 176 valence electrons. The number of fused-ring (bicyclic) bond motifs is 1. The van der Waals surface area contributed by atoms with Crippen molar-refractivity contribution in [2.24, 2.45) is 0 Å². The summed E-state index contributed by atoms with van der Waals surface area (Å²) in [6, 6.07) is 6.80. The van der Waals surface area contributed by atoms with Crippen molar-refractivity contribution in [3.63, 3.8) is 0 Å². The number of hydrogen-bond donors (Lipinski definition) is 1. The van der Waals surface area contributed by atoms with Crippen molar-refractivity contribution in [2.45, 2.75) is 50.3 Å². The average molecular weight is 469 g/mol. The van der Waals surface area contributed by atoms with Crippen LogP contribution in [0.5, 0.6) is 0 Å². The highest BCUT2D eigenvalue weighted by Gasteiger charge is 2.39. The zero-order valence-corrected chi connectivity index (χ0v) is 17.4. The summed E-state index contributed by atoms with van der Waals surface area (Å²) in [6.45, 7) is 1.04. The Morgan fingerprint density at radius 1 is 1.00 bits per heavy atom. The zero-order chi connectivity index (χ0) is 23.8. The van der Waals surface area contributed by atoms with Crippen molar-refractivity contribution in [3.8, 4) is 0 Å². The van der Waals surface area contributed by atoms with E-state index in [2.05, 4.69) is 9.97 Å². The maximum absolute atomic E-state index is 13.6. The van der Waals surface area contributed by atoms with Crippen LogP contribution < -0.4 is 0 Å². The molecule has 1 fully saturated rings. The smallest absolute Gasteiger partial charge is 0.387 e. The van der Waals surface area contributed by atoms with Crippen molar-refractivity contribution in [2.75, 3.05) is 6.54 Å². The van der Waals surface area contributed by atoms with Crippen molar-refractivity contribution >= 4 is 10.9 Å². The fraction of sp³-hybridized carbons (Fsp3) is 0.391. The summed E-state index contributed by atoms with van der Waals surface area (Å²) in [5.41, 5.74) is -2.83. The molecule has 4 rings (SSSR count). The maximum Gasteiger partial charge on any atom is 0.433 e. The number of para-hydroxylation sites is 1. The molecule has 2 aromatic heterocycles. The van der Waals surface area contributed by atoms with E-state index in [9.17, 15) is 31.4 Å². The number of benzene rings is 1. The van der Waals surface area contributed by atoms with Gasteiger partial charge in [-0.1, -0.05) is 18.6 Å². The third-order valence-corrected chi connectivity index (χ3v) is 5.95. The third-order valence-electron chi connectivity index (χ3n) is 5.95. The second-order valence-corrected chi connectivity index (χ2v) is 8.13. The van der Waals surface area contributed by atoms with Gasteiger partial charge in [-0.05, 0) is 54.8 Å². The summed E-state index contributed by atoms with van der Waals surface area (Å²) in [4.78, 5) is 9.23. The molecule has 0 bridgehead atoms. The molecular weight excluding hydrogens is 448 g/mol. The lowest BCUT2D eigenvalue weighted by Gasteiger charge is -2.39. The highest BCUT2D eigenvalue weighted by Crippen LogP contribution is 2.41. The van der Waals surface area contributed by atoms with Gasteiger partial charge in [0.05, 0.1) is 17.2 Å². The highest BCUT2D eigenvalue weighted by atomic mass is 19.4. The molecule has 1 aliphatic heterocycles. The maximum atomic E-state index is 13.6. The minimum atomic E-state index is -4.97. The van der Waals surface area contributed by atoms with Crippen LogP contribution in [0, 0.1) is 0 Å². The molecule has 0 amide bonds. The number of piperidine rings is 1. The fourth-order valence-corrected chi connectivity index (χ4v) is 4.39. The van der Waals surface area contributed by atoms with Crippen LogP contribution in [0.25, 0.3) is 10.9 Å². The molecule has 4 nitrogen and oxygen atoms in total. The summed E-state index contributed by atoms with van der Waals surface area (Å²) in [7, 11) is 0. The number of pyridine rings is 2. The van der Waals surface area contributed by atoms with E-state index in [1.165, 1.54) is 6.07 Å². The molecule has 1 aliphatic rings. The molecule has 0 radical (unpaired) electrons. The number of hydrogen-bond acceptors (Lipinski definition) is 4. The van der Waals surface area contributed by atoms with Crippen LogP contribution in [0.3, 0.4) is 0 Å². The van der Waals surface area contributed by atoms with Gasteiger partial charge in [-0.25, -0.2) is 4.98 Å². The third kappa shape index (κ3) is 4.96. The Labute approximate surface area is 185 Å². The predicted molar refractivity (Wildman–Crippen MR) is 109 cm³/mol. The van der Waals surface area contributed by atoms with Gasteiger partial charge in [0.2, 0.25) is 0 Å². The molecule has 3 aromatic rings. The van der Waals surface area contributed by atoms with E-state index >= 15 is 0 Å². The van der Waals surface area contributed by atoms with Gasteiger partial charge in [-0.3, -0.25) is 9.88 Å². The first-order chi connectivity index (χ1) is 15.6. The normalized spacial score (nSPS) is 19.1. The number of aliphatic hydroxyl groups excluding tert-OH is 1. The summed E-state index contributed by atoms with van der Waals surface area (Å²) >= 11 is 0. The molecule has 1 saturated heterocycles. The Morgan fingerprint density at radius 2 is 1.73 bits per heavy atom. The molecule has 10 heteroatoms. The number of likely N-dealkylation sites (tertiary alicyclic amines) is 1. The van der Waals surface area contributed by atoms with E-state index in [0.717, 1.165) is 24.5 Å². The van der Waals surface area contributed by atoms with E-state index in [-0.39, 0.29) is 10.9 Å². The molecule has 1 N–H and O–H groups in total. The lowest BCUT2D eigenvalue weighted by atomic mass is 9.90. The lowest BCUT2D eigenvalue weighted by molar-refractivity contribution is -0.142. The Morgan fingerprint density at radius 3 is 2.39 bits per heavy atom. The zero-order valence-electron chi connectivity index (χ0n) is 17.4. The number of aliphatic hydroxyl groups is 1. The topological polar surface area (TPSA) is 49.3 Å². The Bertz CT molecular complexity index is 1120. The van der Waals surface area contributed by atoms with Crippen LogP contribution >= 0.6 is 0 Å². The molecule has 0 spiro atoms. The van der Waals surface area contributed by atoms with E-state index in [0.29, 0.717) is 31.6 Å². The quantitative estimate of drug-likeness (QED) is 0.494. The molecule has 2 atom stereocenters. The molecule has 33 heavy (non-hydrogen) atoms. The number of nitrogens with zero attached hydrogens (tertiary/aromatic N) is 3. The lowest BCUT2D eigenvalue weighted by Crippen LogP contribution is -2.42. The summed E-state index contributed by atoms with van der Waals surface area (Å²) in [6.07, 6.45) is -5.96. The summed E-state index contributed by atoms with van der Waals surface area (Å²) < 4.78 is 81.3. The second kappa shape index (κ2) is 8.90. The van der Waals surface area contributed by atoms with Gasteiger partial charge in [0.25, 0.3) is 0 Å². The van der Waals surface area contributed by atoms with Gasteiger partial charge < -0.3 is 5.11 Å². The van der Waals surface area contributed by atoms with Crippen molar-refractivity contribution in [3.05, 3.63) is 71.2 Å². The van der Waals surface area contributed by atoms with Crippen LogP contribution in [0.1, 0.15) is 47.8 Å². The number of aromatic nitrogens is 2. The van der Waals surface area contributed by atoms with Crippen molar-refractivity contribution in [1.29, 1.82) is 0 Å². The number of alkyl halides is 6. The van der Waals surface area contributed by atoms with Crippen LogP contribution in [0.4, 0.5) is 26.3 Å². The van der Waals surface area contributed by atoms with Gasteiger partial charge in [-0.15, -0.1) is 0 Å². The van der Waals surface area contributed by atoms with Gasteiger partial charge in [-0.2, -0.15) is 26.3 Å². The van der Waals surface area contributed by atoms with Crippen LogP contribution in [-0.2, 0) is 18.9 Å². The highest BCUT2D eigenvalue weighted by molar-refractivity contribution is 5.86. The molecule has 0 unspecified atom stereocenters. The Balaban J connectivity index is 1.81. The minimum absolute atomic E-state index is 0.139. The first-order valence-corrected chi connectivity index (χ1v) is 10.4. The monoisotopic (exact) mass is 469 g/mol. The largest absolute Gasteiger partial charge is 0.433 e. The summed E-state index contributed by atoms with van der Waals surface area (Å²) in [5.74, 6) is 0. The van der Waals surface area contributed by atoms with Crippen LogP contribution in [0.2, 0.25) is 0 Å². The van der Waals surface area contributed by atoms with Gasteiger partial charge >= 0.3 is 12.4 Å². The molecule has 3 heterocycles.